The highest BCUT2D eigenvalue weighted by Crippen LogP contribution is 2.47. The molecule has 0 aromatic carbocycles. The second-order valence-electron chi connectivity index (χ2n) is 16.6. The molecule has 13 nitrogen and oxygen atoms in total. The van der Waals surface area contributed by atoms with E-state index < -0.39 is 75.7 Å². The molecule has 0 saturated heterocycles. The van der Waals surface area contributed by atoms with Crippen LogP contribution in [0.25, 0.3) is 0 Å². The van der Waals surface area contributed by atoms with E-state index in [0.717, 1.165) is 64.2 Å². The van der Waals surface area contributed by atoms with Crippen LogP contribution in [-0.4, -0.2) is 98.3 Å². The summed E-state index contributed by atoms with van der Waals surface area (Å²) in [5.74, 6) is -1.12. The zero-order valence-electron chi connectivity index (χ0n) is 37.7. The molecule has 1 rings (SSSR count). The van der Waals surface area contributed by atoms with Gasteiger partial charge in [0.05, 0.1) is 6.61 Å². The van der Waals surface area contributed by atoms with Gasteiger partial charge < -0.3 is 39.9 Å². The van der Waals surface area contributed by atoms with E-state index in [1.807, 2.05) is 0 Å². The molecule has 1 aliphatic rings. The Hall–Kier alpha value is -1.93. The molecule has 356 valence electrons. The lowest BCUT2D eigenvalue weighted by Crippen LogP contribution is -2.64. The molecule has 61 heavy (non-hydrogen) atoms. The summed E-state index contributed by atoms with van der Waals surface area (Å²) >= 11 is 0. The third-order valence-electron chi connectivity index (χ3n) is 11.0. The van der Waals surface area contributed by atoms with Gasteiger partial charge in [-0.25, -0.2) is 4.57 Å². The molecule has 1 saturated carbocycles. The van der Waals surface area contributed by atoms with E-state index in [2.05, 4.69) is 50.3 Å². The van der Waals surface area contributed by atoms with E-state index in [1.54, 1.807) is 0 Å². The van der Waals surface area contributed by atoms with Crippen molar-refractivity contribution in [3.05, 3.63) is 36.5 Å². The van der Waals surface area contributed by atoms with Crippen molar-refractivity contribution in [2.75, 3.05) is 13.2 Å². The molecule has 6 N–H and O–H groups in total. The van der Waals surface area contributed by atoms with Crippen molar-refractivity contribution in [2.45, 2.75) is 236 Å². The van der Waals surface area contributed by atoms with Crippen LogP contribution in [0.4, 0.5) is 0 Å². The number of aliphatic hydroxyl groups is 5. The number of unbranched alkanes of at least 4 members (excludes halogenated alkanes) is 21. The van der Waals surface area contributed by atoms with Crippen molar-refractivity contribution in [1.82, 2.24) is 0 Å². The van der Waals surface area contributed by atoms with Crippen LogP contribution in [0.15, 0.2) is 36.5 Å². The van der Waals surface area contributed by atoms with E-state index in [1.165, 1.54) is 89.9 Å². The number of hydrogen-bond acceptors (Lipinski definition) is 12. The van der Waals surface area contributed by atoms with Crippen molar-refractivity contribution in [2.24, 2.45) is 0 Å². The normalized spacial score (nSPS) is 22.3. The van der Waals surface area contributed by atoms with Gasteiger partial charge in [-0.3, -0.25) is 18.6 Å². The van der Waals surface area contributed by atoms with Gasteiger partial charge in [0.15, 0.2) is 6.10 Å². The van der Waals surface area contributed by atoms with Gasteiger partial charge in [0, 0.05) is 12.8 Å². The molecule has 0 aromatic rings. The van der Waals surface area contributed by atoms with Crippen molar-refractivity contribution in [3.63, 3.8) is 0 Å². The Morgan fingerprint density at radius 3 is 1.38 bits per heavy atom. The summed E-state index contributed by atoms with van der Waals surface area (Å²) in [5.41, 5.74) is 0. The fraction of sp³-hybridized carbons (Fsp3) is 0.830. The minimum Gasteiger partial charge on any atom is -0.462 e. The fourth-order valence-corrected chi connectivity index (χ4v) is 8.09. The average molecular weight is 889 g/mol. The number of carbonyl (C=O) groups excluding carboxylic acids is 2. The van der Waals surface area contributed by atoms with Crippen LogP contribution in [0.1, 0.15) is 194 Å². The molecule has 8 atom stereocenters. The van der Waals surface area contributed by atoms with Crippen molar-refractivity contribution >= 4 is 19.8 Å². The number of aliphatic hydroxyl groups excluding tert-OH is 5. The molecular formula is C47H85O13P. The summed E-state index contributed by atoms with van der Waals surface area (Å²) < 4.78 is 33.5. The SMILES string of the molecule is CCCCCC=CCC=CCC=CCCCCCCC(=O)O[C@H](COC(=O)CCCCCCCCCCCCCCCCC)COP(=O)(O)OC1C(O)C(O)C(O)[C@@H](O)C1O. The smallest absolute Gasteiger partial charge is 0.462 e. The second-order valence-corrected chi connectivity index (χ2v) is 18.0. The Bertz CT molecular complexity index is 1210. The first kappa shape index (κ1) is 57.1. The molecule has 1 aliphatic carbocycles. The largest absolute Gasteiger partial charge is 0.472 e. The maximum atomic E-state index is 12.8. The lowest BCUT2D eigenvalue weighted by Gasteiger charge is -2.41. The van der Waals surface area contributed by atoms with Gasteiger partial charge in [0.1, 0.15) is 43.2 Å². The summed E-state index contributed by atoms with van der Waals surface area (Å²) in [4.78, 5) is 35.7. The lowest BCUT2D eigenvalue weighted by atomic mass is 9.85. The summed E-state index contributed by atoms with van der Waals surface area (Å²) in [6, 6.07) is 0. The number of phosphoric ester groups is 1. The summed E-state index contributed by atoms with van der Waals surface area (Å²) in [6.07, 6.45) is 29.1. The number of ether oxygens (including phenoxy) is 2. The van der Waals surface area contributed by atoms with Crippen molar-refractivity contribution < 1.29 is 63.1 Å². The standard InChI is InChI=1S/C47H85O13P/c1-3-5-7-9-11-13-15-17-19-20-22-24-26-28-30-32-34-36-41(49)59-39(38-58-61(55,56)60-47-45(53)43(51)42(50)44(52)46(47)54)37-57-40(48)35-33-31-29-27-25-23-21-18-16-14-12-10-8-6-4-2/h11,13,17,19,22,24,39,42-47,50-54H,3-10,12,14-16,18,20-21,23,25-38H2,1-2H3,(H,55,56)/t39-,42?,43-,44?,45?,46?,47?/m1/s1. The molecular weight excluding hydrogens is 803 g/mol. The molecule has 0 spiro atoms. The predicted octanol–water partition coefficient (Wildman–Crippen LogP) is 9.39. The zero-order valence-corrected chi connectivity index (χ0v) is 38.6. The summed E-state index contributed by atoms with van der Waals surface area (Å²) in [5, 5.41) is 50.2. The molecule has 0 bridgehead atoms. The molecule has 1 fully saturated rings. The molecule has 0 aliphatic heterocycles. The van der Waals surface area contributed by atoms with Gasteiger partial charge in [0.2, 0.25) is 0 Å². The van der Waals surface area contributed by atoms with Crippen LogP contribution >= 0.6 is 7.82 Å². The van der Waals surface area contributed by atoms with E-state index in [0.29, 0.717) is 12.8 Å². The highest BCUT2D eigenvalue weighted by atomic mass is 31.2. The lowest BCUT2D eigenvalue weighted by molar-refractivity contribution is -0.220. The number of allylic oxidation sites excluding steroid dienone is 6. The first-order chi connectivity index (χ1) is 29.4. The molecule has 6 unspecified atom stereocenters. The van der Waals surface area contributed by atoms with E-state index in [-0.39, 0.29) is 12.8 Å². The van der Waals surface area contributed by atoms with Gasteiger partial charge in [-0.15, -0.1) is 0 Å². The second kappa shape index (κ2) is 37.4. The van der Waals surface area contributed by atoms with Crippen LogP contribution < -0.4 is 0 Å². The van der Waals surface area contributed by atoms with Gasteiger partial charge in [-0.2, -0.15) is 0 Å². The first-order valence-corrected chi connectivity index (χ1v) is 25.3. The maximum absolute atomic E-state index is 12.8. The molecule has 0 radical (unpaired) electrons. The minimum atomic E-state index is -5.12. The quantitative estimate of drug-likeness (QED) is 0.0147. The van der Waals surface area contributed by atoms with E-state index in [4.69, 9.17) is 18.5 Å². The predicted molar refractivity (Wildman–Crippen MR) is 240 cm³/mol. The van der Waals surface area contributed by atoms with Crippen LogP contribution in [0.2, 0.25) is 0 Å². The minimum absolute atomic E-state index is 0.0725. The highest BCUT2D eigenvalue weighted by molar-refractivity contribution is 7.47. The van der Waals surface area contributed by atoms with Crippen LogP contribution in [0.3, 0.4) is 0 Å². The monoisotopic (exact) mass is 889 g/mol. The fourth-order valence-electron chi connectivity index (χ4n) is 7.12. The van der Waals surface area contributed by atoms with Gasteiger partial charge in [0.25, 0.3) is 0 Å². The molecule has 0 amide bonds. The van der Waals surface area contributed by atoms with Crippen molar-refractivity contribution in [3.8, 4) is 0 Å². The average Bonchev–Trinajstić information content (AvgIpc) is 3.24. The highest BCUT2D eigenvalue weighted by Gasteiger charge is 2.51. The Balaban J connectivity index is 2.46. The topological polar surface area (TPSA) is 210 Å². The molecule has 0 aromatic heterocycles. The van der Waals surface area contributed by atoms with Gasteiger partial charge >= 0.3 is 19.8 Å². The number of hydrogen-bond donors (Lipinski definition) is 6. The zero-order chi connectivity index (χ0) is 45.0. The number of phosphoric acid groups is 1. The third-order valence-corrected chi connectivity index (χ3v) is 12.0. The maximum Gasteiger partial charge on any atom is 0.472 e. The Morgan fingerprint density at radius 2 is 0.885 bits per heavy atom. The number of rotatable bonds is 39. The summed E-state index contributed by atoms with van der Waals surface area (Å²) in [7, 11) is -5.12. The van der Waals surface area contributed by atoms with Crippen LogP contribution in [0.5, 0.6) is 0 Å². The molecule has 0 heterocycles. The van der Waals surface area contributed by atoms with Crippen molar-refractivity contribution in [1.29, 1.82) is 0 Å². The van der Waals surface area contributed by atoms with Gasteiger partial charge in [-0.05, 0) is 51.4 Å². The first-order valence-electron chi connectivity index (χ1n) is 23.8. The summed E-state index contributed by atoms with van der Waals surface area (Å²) in [6.45, 7) is 3.26. The van der Waals surface area contributed by atoms with Gasteiger partial charge in [-0.1, -0.05) is 166 Å². The van der Waals surface area contributed by atoms with E-state index >= 15 is 0 Å². The van der Waals surface area contributed by atoms with E-state index in [9.17, 15) is 44.6 Å². The molecule has 14 heteroatoms. The number of carbonyl (C=O) groups is 2. The Labute approximate surface area is 368 Å². The Kier molecular flexibility index (Phi) is 35.0. The third kappa shape index (κ3) is 30.0. The Morgan fingerprint density at radius 1 is 0.508 bits per heavy atom. The number of esters is 2. The van der Waals surface area contributed by atoms with Crippen LogP contribution in [0, 0.1) is 0 Å². The van der Waals surface area contributed by atoms with Crippen LogP contribution in [-0.2, 0) is 32.7 Å².